The molecule has 4 heteroatoms. The molecule has 0 amide bonds. The van der Waals surface area contributed by atoms with Crippen molar-refractivity contribution >= 4 is 0 Å². The van der Waals surface area contributed by atoms with E-state index >= 15 is 0 Å². The first-order valence-electron chi connectivity index (χ1n) is 9.40. The van der Waals surface area contributed by atoms with E-state index in [1.807, 2.05) is 12.1 Å². The number of ether oxygens (including phenoxy) is 2. The largest absolute Gasteiger partial charge is 0.497 e. The van der Waals surface area contributed by atoms with Gasteiger partial charge in [0.25, 0.3) is 0 Å². The molecule has 1 heterocycles. The number of hydrogen-bond acceptors (Lipinski definition) is 4. The smallest absolute Gasteiger partial charge is 0.127 e. The maximum atomic E-state index is 5.72. The molecule has 3 rings (SSSR count). The van der Waals surface area contributed by atoms with E-state index < -0.39 is 0 Å². The lowest BCUT2D eigenvalue weighted by atomic mass is 9.93. The third-order valence-electron chi connectivity index (χ3n) is 5.17. The van der Waals surface area contributed by atoms with Crippen LogP contribution in [-0.2, 0) is 0 Å². The van der Waals surface area contributed by atoms with Crippen molar-refractivity contribution in [1.82, 2.24) is 10.2 Å². The van der Waals surface area contributed by atoms with Gasteiger partial charge in [-0.2, -0.15) is 0 Å². The summed E-state index contributed by atoms with van der Waals surface area (Å²) in [6.07, 6.45) is 0. The zero-order chi connectivity index (χ0) is 18.5. The van der Waals surface area contributed by atoms with Crippen LogP contribution in [0.3, 0.4) is 0 Å². The molecule has 0 aromatic heterocycles. The van der Waals surface area contributed by atoms with E-state index in [4.69, 9.17) is 9.47 Å². The molecular weight excluding hydrogens is 324 g/mol. The van der Waals surface area contributed by atoms with Gasteiger partial charge in [0.05, 0.1) is 20.3 Å². The molecule has 0 radical (unpaired) electrons. The van der Waals surface area contributed by atoms with Gasteiger partial charge >= 0.3 is 0 Å². The molecular formula is C22H30N2O2. The van der Waals surface area contributed by atoms with Crippen molar-refractivity contribution in [1.29, 1.82) is 0 Å². The number of methoxy groups -OCH3 is 2. The Hall–Kier alpha value is -2.04. The summed E-state index contributed by atoms with van der Waals surface area (Å²) >= 11 is 0. The van der Waals surface area contributed by atoms with Crippen molar-refractivity contribution in [2.45, 2.75) is 25.8 Å². The number of hydrogen-bond donors (Lipinski definition) is 1. The average Bonchev–Trinajstić information content (AvgIpc) is 2.69. The molecule has 1 fully saturated rings. The molecule has 1 atom stereocenters. The van der Waals surface area contributed by atoms with Crippen molar-refractivity contribution in [3.63, 3.8) is 0 Å². The summed E-state index contributed by atoms with van der Waals surface area (Å²) in [4.78, 5) is 2.53. The van der Waals surface area contributed by atoms with E-state index in [0.717, 1.165) is 37.7 Å². The van der Waals surface area contributed by atoms with Crippen LogP contribution in [0.1, 0.15) is 42.5 Å². The number of piperazine rings is 1. The van der Waals surface area contributed by atoms with Gasteiger partial charge in [-0.15, -0.1) is 0 Å². The molecule has 1 N–H and O–H groups in total. The van der Waals surface area contributed by atoms with Gasteiger partial charge in [0, 0.05) is 37.8 Å². The molecule has 1 unspecified atom stereocenters. The SMILES string of the molecule is COc1ccc(C(c2ccc(C(C)C)cc2)N2CCNCC2)c(OC)c1. The topological polar surface area (TPSA) is 33.7 Å². The van der Waals surface area contributed by atoms with Crippen LogP contribution in [0.4, 0.5) is 0 Å². The van der Waals surface area contributed by atoms with Gasteiger partial charge in [0.1, 0.15) is 11.5 Å². The van der Waals surface area contributed by atoms with Gasteiger partial charge in [-0.05, 0) is 29.2 Å². The maximum absolute atomic E-state index is 5.72. The molecule has 0 bridgehead atoms. The molecule has 0 saturated carbocycles. The monoisotopic (exact) mass is 354 g/mol. The van der Waals surface area contributed by atoms with Crippen LogP contribution < -0.4 is 14.8 Å². The Morgan fingerprint density at radius 2 is 1.54 bits per heavy atom. The normalized spacial score (nSPS) is 16.5. The molecule has 140 valence electrons. The Kier molecular flexibility index (Phi) is 6.17. The van der Waals surface area contributed by atoms with Crippen LogP contribution in [0.25, 0.3) is 0 Å². The third kappa shape index (κ3) is 4.02. The highest BCUT2D eigenvalue weighted by Gasteiger charge is 2.26. The van der Waals surface area contributed by atoms with Gasteiger partial charge in [0.15, 0.2) is 0 Å². The fourth-order valence-electron chi connectivity index (χ4n) is 3.63. The second-order valence-electron chi connectivity index (χ2n) is 7.12. The van der Waals surface area contributed by atoms with E-state index in [1.54, 1.807) is 14.2 Å². The lowest BCUT2D eigenvalue weighted by Crippen LogP contribution is -2.45. The number of rotatable bonds is 6. The van der Waals surface area contributed by atoms with Crippen molar-refractivity contribution in [3.8, 4) is 11.5 Å². The van der Waals surface area contributed by atoms with Crippen LogP contribution >= 0.6 is 0 Å². The van der Waals surface area contributed by atoms with Crippen LogP contribution in [0.5, 0.6) is 11.5 Å². The summed E-state index contributed by atoms with van der Waals surface area (Å²) < 4.78 is 11.1. The van der Waals surface area contributed by atoms with Gasteiger partial charge < -0.3 is 14.8 Å². The summed E-state index contributed by atoms with van der Waals surface area (Å²) in [5.74, 6) is 2.23. The molecule has 0 spiro atoms. The zero-order valence-corrected chi connectivity index (χ0v) is 16.3. The molecule has 4 nitrogen and oxygen atoms in total. The van der Waals surface area contributed by atoms with Crippen molar-refractivity contribution < 1.29 is 9.47 Å². The number of nitrogens with one attached hydrogen (secondary N) is 1. The zero-order valence-electron chi connectivity index (χ0n) is 16.3. The second-order valence-corrected chi connectivity index (χ2v) is 7.12. The van der Waals surface area contributed by atoms with Crippen molar-refractivity contribution in [3.05, 3.63) is 59.2 Å². The van der Waals surface area contributed by atoms with Gasteiger partial charge in [0.2, 0.25) is 0 Å². The predicted molar refractivity (Wildman–Crippen MR) is 106 cm³/mol. The second kappa shape index (κ2) is 8.56. The van der Waals surface area contributed by atoms with Crippen LogP contribution in [0.15, 0.2) is 42.5 Å². The highest BCUT2D eigenvalue weighted by Crippen LogP contribution is 2.37. The number of benzene rings is 2. The molecule has 0 aliphatic carbocycles. The van der Waals surface area contributed by atoms with E-state index in [2.05, 4.69) is 54.4 Å². The minimum absolute atomic E-state index is 0.180. The Labute approximate surface area is 157 Å². The summed E-state index contributed by atoms with van der Waals surface area (Å²) in [7, 11) is 3.42. The quantitative estimate of drug-likeness (QED) is 0.855. The first-order valence-corrected chi connectivity index (χ1v) is 9.40. The lowest BCUT2D eigenvalue weighted by Gasteiger charge is -2.36. The van der Waals surface area contributed by atoms with E-state index in [1.165, 1.54) is 16.7 Å². The molecule has 1 aliphatic heterocycles. The fourth-order valence-corrected chi connectivity index (χ4v) is 3.63. The maximum Gasteiger partial charge on any atom is 0.127 e. The highest BCUT2D eigenvalue weighted by molar-refractivity contribution is 5.46. The minimum atomic E-state index is 0.180. The third-order valence-corrected chi connectivity index (χ3v) is 5.17. The van der Waals surface area contributed by atoms with Gasteiger partial charge in [-0.1, -0.05) is 38.1 Å². The fraction of sp³-hybridized carbons (Fsp3) is 0.455. The Morgan fingerprint density at radius 1 is 0.885 bits per heavy atom. The standard InChI is InChI=1S/C22H30N2O2/c1-16(2)17-5-7-18(8-6-17)22(24-13-11-23-12-14-24)20-10-9-19(25-3)15-21(20)26-4/h5-10,15-16,22-23H,11-14H2,1-4H3. The van der Waals surface area contributed by atoms with Crippen LogP contribution in [0.2, 0.25) is 0 Å². The van der Waals surface area contributed by atoms with Crippen molar-refractivity contribution in [2.75, 3.05) is 40.4 Å². The Balaban J connectivity index is 2.03. The van der Waals surface area contributed by atoms with Gasteiger partial charge in [-0.25, -0.2) is 0 Å². The summed E-state index contributed by atoms with van der Waals surface area (Å²) in [6, 6.07) is 15.4. The first-order chi connectivity index (χ1) is 12.6. The van der Waals surface area contributed by atoms with E-state index in [0.29, 0.717) is 5.92 Å². The van der Waals surface area contributed by atoms with Crippen LogP contribution in [0, 0.1) is 0 Å². The molecule has 2 aromatic rings. The highest BCUT2D eigenvalue weighted by atomic mass is 16.5. The first kappa shape index (κ1) is 18.7. The molecule has 26 heavy (non-hydrogen) atoms. The predicted octanol–water partition coefficient (Wildman–Crippen LogP) is 3.82. The lowest BCUT2D eigenvalue weighted by molar-refractivity contribution is 0.195. The minimum Gasteiger partial charge on any atom is -0.497 e. The Bertz CT molecular complexity index is 707. The van der Waals surface area contributed by atoms with E-state index in [-0.39, 0.29) is 6.04 Å². The average molecular weight is 354 g/mol. The van der Waals surface area contributed by atoms with Crippen molar-refractivity contribution in [2.24, 2.45) is 0 Å². The van der Waals surface area contributed by atoms with Crippen LogP contribution in [-0.4, -0.2) is 45.3 Å². The molecule has 1 aliphatic rings. The van der Waals surface area contributed by atoms with Gasteiger partial charge in [-0.3, -0.25) is 4.90 Å². The molecule has 2 aromatic carbocycles. The number of nitrogens with zero attached hydrogens (tertiary/aromatic N) is 1. The summed E-state index contributed by atoms with van der Waals surface area (Å²) in [6.45, 7) is 8.53. The Morgan fingerprint density at radius 3 is 2.12 bits per heavy atom. The molecule has 1 saturated heterocycles. The summed E-state index contributed by atoms with van der Waals surface area (Å²) in [5, 5.41) is 3.45. The van der Waals surface area contributed by atoms with E-state index in [9.17, 15) is 0 Å². The summed E-state index contributed by atoms with van der Waals surface area (Å²) in [5.41, 5.74) is 3.86.